The highest BCUT2D eigenvalue weighted by Gasteiger charge is 2.60. The van der Waals surface area contributed by atoms with Crippen LogP contribution in [0.4, 0.5) is 13.2 Å². The average Bonchev–Trinajstić information content (AvgIpc) is 2.35. The lowest BCUT2D eigenvalue weighted by Crippen LogP contribution is -2.59. The van der Waals surface area contributed by atoms with Crippen LogP contribution in [0.25, 0.3) is 0 Å². The zero-order valence-electron chi connectivity index (χ0n) is 10.8. The first-order chi connectivity index (χ1) is 9.23. The van der Waals surface area contributed by atoms with Crippen LogP contribution in [0.5, 0.6) is 0 Å². The highest BCUT2D eigenvalue weighted by Crippen LogP contribution is 2.53. The molecule has 2 unspecified atom stereocenters. The molecule has 0 aromatic carbocycles. The number of amidine groups is 1. The standard InChI is InChI=1S/C12H15ClF3N3O/c1-11(3-6(17)2-7(13)9(11)14)12(10(15)16)5-20-4-8(18)19-12/h2,10H,3-5,17H2,1H3,(H2,18,19). The Morgan fingerprint density at radius 3 is 2.65 bits per heavy atom. The number of nitrogens with zero attached hydrogens (tertiary/aromatic N) is 1. The van der Waals surface area contributed by atoms with E-state index in [1.165, 1.54) is 13.0 Å². The lowest BCUT2D eigenvalue weighted by molar-refractivity contribution is -0.0703. The van der Waals surface area contributed by atoms with E-state index in [2.05, 4.69) is 4.99 Å². The summed E-state index contributed by atoms with van der Waals surface area (Å²) in [6.07, 6.45) is -1.90. The zero-order valence-corrected chi connectivity index (χ0v) is 11.6. The van der Waals surface area contributed by atoms with Gasteiger partial charge in [-0.3, -0.25) is 4.99 Å². The van der Waals surface area contributed by atoms with Gasteiger partial charge in [0, 0.05) is 12.1 Å². The van der Waals surface area contributed by atoms with Crippen LogP contribution in [0, 0.1) is 5.41 Å². The molecule has 1 aliphatic carbocycles. The van der Waals surface area contributed by atoms with Gasteiger partial charge in [-0.2, -0.15) is 0 Å². The molecule has 0 saturated heterocycles. The molecule has 4 nitrogen and oxygen atoms in total. The molecule has 20 heavy (non-hydrogen) atoms. The van der Waals surface area contributed by atoms with Gasteiger partial charge in [0.1, 0.15) is 18.3 Å². The van der Waals surface area contributed by atoms with Crippen molar-refractivity contribution >= 4 is 17.4 Å². The number of rotatable bonds is 2. The fraction of sp³-hybridized carbons (Fsp3) is 0.583. The van der Waals surface area contributed by atoms with Crippen LogP contribution in [-0.4, -0.2) is 31.0 Å². The summed E-state index contributed by atoms with van der Waals surface area (Å²) in [7, 11) is 0. The van der Waals surface area contributed by atoms with Gasteiger partial charge in [-0.1, -0.05) is 18.5 Å². The van der Waals surface area contributed by atoms with Gasteiger partial charge in [0.05, 0.1) is 17.1 Å². The van der Waals surface area contributed by atoms with Crippen molar-refractivity contribution in [3.8, 4) is 0 Å². The molecular weight excluding hydrogens is 295 g/mol. The van der Waals surface area contributed by atoms with E-state index < -0.39 is 29.8 Å². The average molecular weight is 310 g/mol. The van der Waals surface area contributed by atoms with Crippen molar-refractivity contribution in [3.63, 3.8) is 0 Å². The van der Waals surface area contributed by atoms with Gasteiger partial charge in [0.15, 0.2) is 5.54 Å². The van der Waals surface area contributed by atoms with Gasteiger partial charge in [-0.05, 0) is 6.08 Å². The second-order valence-corrected chi connectivity index (χ2v) is 5.62. The number of aliphatic imine (C=N–C) groups is 1. The number of alkyl halides is 2. The molecular formula is C12H15ClF3N3O. The van der Waals surface area contributed by atoms with E-state index in [1.807, 2.05) is 0 Å². The van der Waals surface area contributed by atoms with E-state index in [4.69, 9.17) is 27.8 Å². The van der Waals surface area contributed by atoms with E-state index in [9.17, 15) is 13.2 Å². The van der Waals surface area contributed by atoms with Crippen molar-refractivity contribution in [1.82, 2.24) is 0 Å². The minimum Gasteiger partial charge on any atom is -0.402 e. The predicted molar refractivity (Wildman–Crippen MR) is 70.2 cm³/mol. The molecule has 8 heteroatoms. The lowest BCUT2D eigenvalue weighted by atomic mass is 9.65. The van der Waals surface area contributed by atoms with Crippen molar-refractivity contribution < 1.29 is 17.9 Å². The van der Waals surface area contributed by atoms with Gasteiger partial charge >= 0.3 is 0 Å². The minimum absolute atomic E-state index is 0.0606. The Morgan fingerprint density at radius 2 is 2.10 bits per heavy atom. The van der Waals surface area contributed by atoms with Gasteiger partial charge in [-0.25, -0.2) is 13.2 Å². The summed E-state index contributed by atoms with van der Waals surface area (Å²) in [5.41, 5.74) is 7.54. The molecule has 0 radical (unpaired) electrons. The summed E-state index contributed by atoms with van der Waals surface area (Å²) in [6, 6.07) is 0. The molecule has 0 spiro atoms. The molecule has 2 aliphatic rings. The van der Waals surface area contributed by atoms with E-state index in [-0.39, 0.29) is 29.6 Å². The monoisotopic (exact) mass is 309 g/mol. The van der Waals surface area contributed by atoms with Crippen molar-refractivity contribution in [3.05, 3.63) is 22.6 Å². The zero-order chi connectivity index (χ0) is 15.1. The summed E-state index contributed by atoms with van der Waals surface area (Å²) in [6.45, 7) is 0.796. The molecule has 0 amide bonds. The van der Waals surface area contributed by atoms with Gasteiger partial charge < -0.3 is 16.2 Å². The molecule has 4 N–H and O–H groups in total. The van der Waals surface area contributed by atoms with E-state index in [1.54, 1.807) is 0 Å². The molecule has 0 fully saturated rings. The quantitative estimate of drug-likeness (QED) is 0.820. The maximum atomic E-state index is 14.5. The normalized spacial score (nSPS) is 35.1. The van der Waals surface area contributed by atoms with Gasteiger partial charge in [0.25, 0.3) is 6.43 Å². The Hall–Kier alpha value is -1.21. The summed E-state index contributed by atoms with van der Waals surface area (Å²) >= 11 is 5.75. The molecule has 2 rings (SSSR count). The van der Waals surface area contributed by atoms with E-state index in [0.29, 0.717) is 0 Å². The van der Waals surface area contributed by atoms with Crippen LogP contribution in [0.3, 0.4) is 0 Å². The first-order valence-electron chi connectivity index (χ1n) is 5.95. The molecule has 0 aromatic rings. The number of nitrogens with two attached hydrogens (primary N) is 2. The van der Waals surface area contributed by atoms with E-state index in [0.717, 1.165) is 0 Å². The second kappa shape index (κ2) is 4.96. The van der Waals surface area contributed by atoms with Crippen molar-refractivity contribution in [2.45, 2.75) is 25.3 Å². The smallest absolute Gasteiger partial charge is 0.266 e. The minimum atomic E-state index is -2.98. The largest absolute Gasteiger partial charge is 0.402 e. The second-order valence-electron chi connectivity index (χ2n) is 5.21. The molecule has 0 aromatic heterocycles. The molecule has 1 aliphatic heterocycles. The molecule has 0 bridgehead atoms. The Labute approximate surface area is 119 Å². The molecule has 112 valence electrons. The SMILES string of the molecule is CC1(C2(C(F)F)COCC(N)=N2)CC(N)=CC(Cl)=C1F. The first kappa shape index (κ1) is 15.2. The van der Waals surface area contributed by atoms with Gasteiger partial charge in [0.2, 0.25) is 0 Å². The van der Waals surface area contributed by atoms with E-state index >= 15 is 0 Å². The van der Waals surface area contributed by atoms with Crippen LogP contribution in [0.2, 0.25) is 0 Å². The third-order valence-corrected chi connectivity index (χ3v) is 4.07. The maximum Gasteiger partial charge on any atom is 0.266 e. The fourth-order valence-electron chi connectivity index (χ4n) is 2.64. The highest BCUT2D eigenvalue weighted by molar-refractivity contribution is 6.31. The molecule has 2 atom stereocenters. The summed E-state index contributed by atoms with van der Waals surface area (Å²) in [5, 5.41) is -0.296. The summed E-state index contributed by atoms with van der Waals surface area (Å²) in [5.74, 6) is -0.981. The first-order valence-corrected chi connectivity index (χ1v) is 6.32. The van der Waals surface area contributed by atoms with Crippen LogP contribution in [0.15, 0.2) is 27.6 Å². The lowest BCUT2D eigenvalue weighted by Gasteiger charge is -2.47. The third-order valence-electron chi connectivity index (χ3n) is 3.80. The van der Waals surface area contributed by atoms with Crippen LogP contribution >= 0.6 is 11.6 Å². The highest BCUT2D eigenvalue weighted by atomic mass is 35.5. The summed E-state index contributed by atoms with van der Waals surface area (Å²) < 4.78 is 46.9. The number of halogens is 4. The van der Waals surface area contributed by atoms with Crippen molar-refractivity contribution in [2.24, 2.45) is 21.9 Å². The number of hydrogen-bond acceptors (Lipinski definition) is 4. The van der Waals surface area contributed by atoms with Crippen LogP contribution < -0.4 is 11.5 Å². The van der Waals surface area contributed by atoms with Gasteiger partial charge in [-0.15, -0.1) is 0 Å². The topological polar surface area (TPSA) is 73.6 Å². The fourth-order valence-corrected chi connectivity index (χ4v) is 2.99. The Bertz CT molecular complexity index is 520. The Morgan fingerprint density at radius 1 is 1.45 bits per heavy atom. The van der Waals surface area contributed by atoms with Crippen LogP contribution in [0.1, 0.15) is 13.3 Å². The number of allylic oxidation sites excluding steroid dienone is 3. The molecule has 0 saturated carbocycles. The third kappa shape index (κ3) is 2.09. The number of ether oxygens (including phenoxy) is 1. The Balaban J connectivity index is 2.61. The maximum absolute atomic E-state index is 14.5. The summed E-state index contributed by atoms with van der Waals surface area (Å²) in [4.78, 5) is 3.83. The molecule has 1 heterocycles. The predicted octanol–water partition coefficient (Wildman–Crippen LogP) is 2.05. The van der Waals surface area contributed by atoms with Crippen molar-refractivity contribution in [1.29, 1.82) is 0 Å². The van der Waals surface area contributed by atoms with Crippen LogP contribution in [-0.2, 0) is 4.74 Å². The van der Waals surface area contributed by atoms with Crippen molar-refractivity contribution in [2.75, 3.05) is 13.2 Å². The number of hydrogen-bond donors (Lipinski definition) is 2. The Kier molecular flexibility index (Phi) is 3.77.